The van der Waals surface area contributed by atoms with Crippen LogP contribution in [0.15, 0.2) is 24.3 Å². The minimum Gasteiger partial charge on any atom is -0.324 e. The van der Waals surface area contributed by atoms with Gasteiger partial charge in [-0.1, -0.05) is 12.1 Å². The van der Waals surface area contributed by atoms with Gasteiger partial charge in [-0.2, -0.15) is 0 Å². The fourth-order valence-electron chi connectivity index (χ4n) is 2.24. The lowest BCUT2D eigenvalue weighted by Crippen LogP contribution is -2.54. The summed E-state index contributed by atoms with van der Waals surface area (Å²) in [4.78, 5) is 12.2. The Balaban J connectivity index is 0.00000162. The summed E-state index contributed by atoms with van der Waals surface area (Å²) in [6.07, 6.45) is 3.18. The van der Waals surface area contributed by atoms with E-state index in [1.807, 2.05) is 38.1 Å². The van der Waals surface area contributed by atoms with E-state index in [0.717, 1.165) is 37.1 Å². The Morgan fingerprint density at radius 1 is 1.39 bits per heavy atom. The molecule has 4 heteroatoms. The van der Waals surface area contributed by atoms with E-state index < -0.39 is 5.54 Å². The first-order chi connectivity index (χ1) is 8.10. The number of hydrogen-bond donors (Lipinski definition) is 2. The lowest BCUT2D eigenvalue weighted by Gasteiger charge is -2.33. The highest BCUT2D eigenvalue weighted by Gasteiger charge is 2.34. The summed E-state index contributed by atoms with van der Waals surface area (Å²) in [5.41, 5.74) is 1.62. The van der Waals surface area contributed by atoms with Crippen LogP contribution in [0.25, 0.3) is 0 Å². The average molecular weight is 269 g/mol. The van der Waals surface area contributed by atoms with Gasteiger partial charge in [0, 0.05) is 5.69 Å². The number of benzene rings is 1. The van der Waals surface area contributed by atoms with Crippen LogP contribution < -0.4 is 10.6 Å². The van der Waals surface area contributed by atoms with Crippen LogP contribution in [0.3, 0.4) is 0 Å². The van der Waals surface area contributed by atoms with E-state index in [1.165, 1.54) is 0 Å². The van der Waals surface area contributed by atoms with Crippen molar-refractivity contribution < 1.29 is 4.79 Å². The predicted octanol–water partition coefficient (Wildman–Crippen LogP) is 2.89. The fraction of sp³-hybridized carbons (Fsp3) is 0.500. The molecule has 1 heterocycles. The highest BCUT2D eigenvalue weighted by atomic mass is 35.5. The van der Waals surface area contributed by atoms with Crippen molar-refractivity contribution in [3.8, 4) is 0 Å². The molecule has 0 saturated carbocycles. The maximum absolute atomic E-state index is 12.2. The molecular formula is C14H21ClN2O. The zero-order chi connectivity index (χ0) is 12.3. The molecule has 2 N–H and O–H groups in total. The fourth-order valence-corrected chi connectivity index (χ4v) is 2.24. The summed E-state index contributed by atoms with van der Waals surface area (Å²) in [5.74, 6) is 0.0720. The van der Waals surface area contributed by atoms with Gasteiger partial charge in [0.05, 0.1) is 5.54 Å². The van der Waals surface area contributed by atoms with Gasteiger partial charge >= 0.3 is 0 Å². The molecule has 1 aliphatic heterocycles. The van der Waals surface area contributed by atoms with Crippen molar-refractivity contribution in [2.45, 2.75) is 38.6 Å². The number of carbonyl (C=O) groups is 1. The van der Waals surface area contributed by atoms with Crippen molar-refractivity contribution in [2.24, 2.45) is 0 Å². The van der Waals surface area contributed by atoms with E-state index >= 15 is 0 Å². The minimum atomic E-state index is -0.415. The SMILES string of the molecule is Cc1cccc(NC(=O)C2(C)CCCCN2)c1.Cl. The Bertz CT molecular complexity index is 414. The van der Waals surface area contributed by atoms with Gasteiger partial charge in [-0.05, 0) is 57.4 Å². The third kappa shape index (κ3) is 3.47. The number of amides is 1. The van der Waals surface area contributed by atoms with E-state index in [-0.39, 0.29) is 18.3 Å². The standard InChI is InChI=1S/C14H20N2O.ClH/c1-11-6-5-7-12(10-11)16-13(17)14(2)8-3-4-9-15-14;/h5-7,10,15H,3-4,8-9H2,1-2H3,(H,16,17);1H. The maximum atomic E-state index is 12.2. The molecule has 1 aromatic rings. The van der Waals surface area contributed by atoms with E-state index in [2.05, 4.69) is 10.6 Å². The third-order valence-corrected chi connectivity index (χ3v) is 3.40. The van der Waals surface area contributed by atoms with Gasteiger partial charge in [0.1, 0.15) is 0 Å². The highest BCUT2D eigenvalue weighted by Crippen LogP contribution is 2.21. The van der Waals surface area contributed by atoms with Crippen molar-refractivity contribution in [1.82, 2.24) is 5.32 Å². The molecule has 1 aromatic carbocycles. The summed E-state index contributed by atoms with van der Waals surface area (Å²) in [6.45, 7) is 4.94. The Morgan fingerprint density at radius 2 is 2.17 bits per heavy atom. The van der Waals surface area contributed by atoms with Gasteiger partial charge in [-0.3, -0.25) is 4.79 Å². The summed E-state index contributed by atoms with van der Waals surface area (Å²) >= 11 is 0. The molecule has 1 amide bonds. The summed E-state index contributed by atoms with van der Waals surface area (Å²) in [7, 11) is 0. The van der Waals surface area contributed by atoms with Crippen molar-refractivity contribution >= 4 is 24.0 Å². The van der Waals surface area contributed by atoms with E-state index in [0.29, 0.717) is 0 Å². The Hall–Kier alpha value is -1.06. The Kier molecular flexibility index (Phi) is 5.17. The molecule has 0 bridgehead atoms. The number of carbonyl (C=O) groups excluding carboxylic acids is 1. The van der Waals surface area contributed by atoms with Crippen LogP contribution in [0.2, 0.25) is 0 Å². The van der Waals surface area contributed by atoms with Gasteiger partial charge in [-0.25, -0.2) is 0 Å². The molecule has 1 atom stereocenters. The van der Waals surface area contributed by atoms with Crippen LogP contribution in [-0.2, 0) is 4.79 Å². The van der Waals surface area contributed by atoms with Gasteiger partial charge < -0.3 is 10.6 Å². The summed E-state index contributed by atoms with van der Waals surface area (Å²) < 4.78 is 0. The van der Waals surface area contributed by atoms with Gasteiger partial charge in [0.15, 0.2) is 0 Å². The zero-order valence-electron chi connectivity index (χ0n) is 11.0. The molecule has 1 aliphatic rings. The molecule has 2 rings (SSSR count). The first-order valence-corrected chi connectivity index (χ1v) is 6.23. The van der Waals surface area contributed by atoms with Gasteiger partial charge in [-0.15, -0.1) is 12.4 Å². The lowest BCUT2D eigenvalue weighted by atomic mass is 9.90. The lowest BCUT2D eigenvalue weighted by molar-refractivity contribution is -0.122. The quantitative estimate of drug-likeness (QED) is 0.866. The van der Waals surface area contributed by atoms with Gasteiger partial charge in [0.2, 0.25) is 5.91 Å². The van der Waals surface area contributed by atoms with Gasteiger partial charge in [0.25, 0.3) is 0 Å². The zero-order valence-corrected chi connectivity index (χ0v) is 11.8. The summed E-state index contributed by atoms with van der Waals surface area (Å²) in [6, 6.07) is 7.90. The third-order valence-electron chi connectivity index (χ3n) is 3.40. The number of piperidine rings is 1. The van der Waals surface area contributed by atoms with Crippen molar-refractivity contribution in [1.29, 1.82) is 0 Å². The average Bonchev–Trinajstić information content (AvgIpc) is 2.30. The number of halogens is 1. The molecule has 0 spiro atoms. The highest BCUT2D eigenvalue weighted by molar-refractivity contribution is 5.97. The first kappa shape index (κ1) is 15.0. The smallest absolute Gasteiger partial charge is 0.244 e. The van der Waals surface area contributed by atoms with Crippen LogP contribution >= 0.6 is 12.4 Å². The minimum absolute atomic E-state index is 0. The second-order valence-electron chi connectivity index (χ2n) is 5.04. The maximum Gasteiger partial charge on any atom is 0.244 e. The molecule has 100 valence electrons. The normalized spacial score (nSPS) is 23.0. The van der Waals surface area contributed by atoms with Crippen LogP contribution in [0, 0.1) is 6.92 Å². The number of nitrogens with one attached hydrogen (secondary N) is 2. The number of rotatable bonds is 2. The summed E-state index contributed by atoms with van der Waals surface area (Å²) in [5, 5.41) is 6.31. The number of aryl methyl sites for hydroxylation is 1. The van der Waals surface area contributed by atoms with E-state index in [9.17, 15) is 4.79 Å². The Morgan fingerprint density at radius 3 is 2.78 bits per heavy atom. The molecule has 18 heavy (non-hydrogen) atoms. The molecule has 0 radical (unpaired) electrons. The largest absolute Gasteiger partial charge is 0.324 e. The molecule has 1 fully saturated rings. The molecule has 1 unspecified atom stereocenters. The second-order valence-corrected chi connectivity index (χ2v) is 5.04. The van der Waals surface area contributed by atoms with Crippen molar-refractivity contribution in [3.63, 3.8) is 0 Å². The van der Waals surface area contributed by atoms with Crippen LogP contribution in [0.1, 0.15) is 31.7 Å². The molecule has 1 saturated heterocycles. The van der Waals surface area contributed by atoms with Crippen LogP contribution in [-0.4, -0.2) is 18.0 Å². The molecule has 0 aromatic heterocycles. The first-order valence-electron chi connectivity index (χ1n) is 6.23. The van der Waals surface area contributed by atoms with Crippen molar-refractivity contribution in [2.75, 3.05) is 11.9 Å². The predicted molar refractivity (Wildman–Crippen MR) is 77.3 cm³/mol. The van der Waals surface area contributed by atoms with E-state index in [4.69, 9.17) is 0 Å². The van der Waals surface area contributed by atoms with E-state index in [1.54, 1.807) is 0 Å². The number of anilines is 1. The van der Waals surface area contributed by atoms with Crippen molar-refractivity contribution in [3.05, 3.63) is 29.8 Å². The molecular weight excluding hydrogens is 248 g/mol. The second kappa shape index (κ2) is 6.21. The topological polar surface area (TPSA) is 41.1 Å². The Labute approximate surface area is 115 Å². The number of hydrogen-bond acceptors (Lipinski definition) is 2. The monoisotopic (exact) mass is 268 g/mol. The van der Waals surface area contributed by atoms with Crippen LogP contribution in [0.5, 0.6) is 0 Å². The molecule has 0 aliphatic carbocycles. The molecule has 3 nitrogen and oxygen atoms in total. The van der Waals surface area contributed by atoms with Crippen LogP contribution in [0.4, 0.5) is 5.69 Å².